The molecule has 4 aromatic rings. The third-order valence-corrected chi connectivity index (χ3v) is 6.39. The van der Waals surface area contributed by atoms with Crippen LogP contribution in [0.25, 0.3) is 16.9 Å². The smallest absolute Gasteiger partial charge is 0.154 e. The molecule has 0 amide bonds. The molecule has 2 heterocycles. The van der Waals surface area contributed by atoms with Crippen molar-refractivity contribution in [1.82, 2.24) is 19.5 Å². The molecule has 0 aliphatic carbocycles. The van der Waals surface area contributed by atoms with E-state index < -0.39 is 10.8 Å². The Bertz CT molecular complexity index is 1250. The van der Waals surface area contributed by atoms with Crippen molar-refractivity contribution in [2.75, 3.05) is 24.7 Å². The van der Waals surface area contributed by atoms with Gasteiger partial charge >= 0.3 is 0 Å². The summed E-state index contributed by atoms with van der Waals surface area (Å²) >= 11 is 0. The monoisotopic (exact) mass is 451 g/mol. The van der Waals surface area contributed by atoms with E-state index in [4.69, 9.17) is 0 Å². The van der Waals surface area contributed by atoms with E-state index in [1.54, 1.807) is 23.0 Å². The Morgan fingerprint density at radius 2 is 1.81 bits per heavy atom. The molecular formula is C24H26FN5OS. The molecule has 2 aromatic carbocycles. The van der Waals surface area contributed by atoms with E-state index in [2.05, 4.69) is 34.1 Å². The molecule has 32 heavy (non-hydrogen) atoms. The standard InChI is InChI=1S/C24H26FN5OS/c1-4-29(5-2)16-18-14-19(8-11-21(18)25)27-23-12-13-24-26-15-22(30(24)28-23)17-6-9-20(10-7-17)32(3)31/h6-15H,4-5,16H2,1-3H3,(H,27,28). The first kappa shape index (κ1) is 22.1. The van der Waals surface area contributed by atoms with Gasteiger partial charge in [0.25, 0.3) is 0 Å². The van der Waals surface area contributed by atoms with Crippen molar-refractivity contribution >= 4 is 28.0 Å². The van der Waals surface area contributed by atoms with E-state index in [9.17, 15) is 8.60 Å². The van der Waals surface area contributed by atoms with Crippen molar-refractivity contribution in [3.63, 3.8) is 0 Å². The van der Waals surface area contributed by atoms with Gasteiger partial charge in [-0.05, 0) is 55.6 Å². The Labute approximate surface area is 189 Å². The fraction of sp³-hybridized carbons (Fsp3) is 0.250. The number of rotatable bonds is 8. The predicted molar refractivity (Wildman–Crippen MR) is 127 cm³/mol. The summed E-state index contributed by atoms with van der Waals surface area (Å²) < 4.78 is 27.7. The second-order valence-corrected chi connectivity index (χ2v) is 8.88. The van der Waals surface area contributed by atoms with E-state index in [0.29, 0.717) is 17.9 Å². The molecule has 0 bridgehead atoms. The van der Waals surface area contributed by atoms with Gasteiger partial charge in [-0.3, -0.25) is 9.11 Å². The molecule has 4 rings (SSSR count). The van der Waals surface area contributed by atoms with E-state index in [1.165, 1.54) is 6.07 Å². The minimum Gasteiger partial charge on any atom is -0.339 e. The summed E-state index contributed by atoms with van der Waals surface area (Å²) in [6.07, 6.45) is 3.43. The van der Waals surface area contributed by atoms with E-state index >= 15 is 0 Å². The molecule has 0 spiro atoms. The number of hydrogen-bond donors (Lipinski definition) is 1. The number of aromatic nitrogens is 3. The molecular weight excluding hydrogens is 425 g/mol. The Morgan fingerprint density at radius 1 is 1.06 bits per heavy atom. The first-order chi connectivity index (χ1) is 15.5. The average Bonchev–Trinajstić information content (AvgIpc) is 3.22. The molecule has 0 fully saturated rings. The lowest BCUT2D eigenvalue weighted by atomic mass is 10.1. The number of hydrogen-bond acceptors (Lipinski definition) is 5. The van der Waals surface area contributed by atoms with Crippen LogP contribution in [0.3, 0.4) is 0 Å². The zero-order chi connectivity index (χ0) is 22.7. The minimum atomic E-state index is -1.02. The third kappa shape index (κ3) is 4.71. The van der Waals surface area contributed by atoms with Crippen LogP contribution in [0.2, 0.25) is 0 Å². The lowest BCUT2D eigenvalue weighted by Gasteiger charge is -2.19. The maximum absolute atomic E-state index is 14.3. The van der Waals surface area contributed by atoms with Crippen LogP contribution in [0, 0.1) is 5.82 Å². The van der Waals surface area contributed by atoms with Crippen molar-refractivity contribution < 1.29 is 8.60 Å². The van der Waals surface area contributed by atoms with Gasteiger partial charge in [-0.25, -0.2) is 13.9 Å². The molecule has 0 aliphatic heterocycles. The summed E-state index contributed by atoms with van der Waals surface area (Å²) in [5.74, 6) is 0.419. The van der Waals surface area contributed by atoms with Crippen LogP contribution in [0.5, 0.6) is 0 Å². The third-order valence-electron chi connectivity index (χ3n) is 5.45. The van der Waals surface area contributed by atoms with Crippen molar-refractivity contribution in [2.24, 2.45) is 0 Å². The summed E-state index contributed by atoms with van der Waals surface area (Å²) in [6.45, 7) is 6.43. The van der Waals surface area contributed by atoms with Crippen molar-refractivity contribution in [1.29, 1.82) is 0 Å². The van der Waals surface area contributed by atoms with Crippen LogP contribution < -0.4 is 5.32 Å². The molecule has 6 nitrogen and oxygen atoms in total. The van der Waals surface area contributed by atoms with Gasteiger partial charge in [0, 0.05) is 45.3 Å². The molecule has 0 aliphatic rings. The summed E-state index contributed by atoms with van der Waals surface area (Å²) in [4.78, 5) is 7.38. The molecule has 1 N–H and O–H groups in total. The molecule has 1 atom stereocenters. The summed E-state index contributed by atoms with van der Waals surface area (Å²) in [5, 5.41) is 7.97. The number of nitrogens with one attached hydrogen (secondary N) is 1. The van der Waals surface area contributed by atoms with Gasteiger partial charge in [0.2, 0.25) is 0 Å². The maximum atomic E-state index is 14.3. The molecule has 1 unspecified atom stereocenters. The van der Waals surface area contributed by atoms with Crippen molar-refractivity contribution in [3.8, 4) is 11.3 Å². The highest BCUT2D eigenvalue weighted by Gasteiger charge is 2.11. The lowest BCUT2D eigenvalue weighted by Crippen LogP contribution is -2.22. The molecule has 8 heteroatoms. The van der Waals surface area contributed by atoms with Crippen LogP contribution >= 0.6 is 0 Å². The van der Waals surface area contributed by atoms with Gasteiger partial charge in [-0.15, -0.1) is 5.10 Å². The Hall–Kier alpha value is -3.10. The second-order valence-electron chi connectivity index (χ2n) is 7.50. The number of anilines is 2. The molecule has 166 valence electrons. The molecule has 0 saturated heterocycles. The normalized spacial score (nSPS) is 12.4. The highest BCUT2D eigenvalue weighted by atomic mass is 32.2. The summed E-state index contributed by atoms with van der Waals surface area (Å²) in [5.41, 5.74) is 3.90. The largest absolute Gasteiger partial charge is 0.339 e. The number of nitrogens with zero attached hydrogens (tertiary/aromatic N) is 4. The van der Waals surface area contributed by atoms with Gasteiger partial charge in [0.05, 0.1) is 11.9 Å². The topological polar surface area (TPSA) is 62.5 Å². The Balaban J connectivity index is 1.62. The minimum absolute atomic E-state index is 0.209. The van der Waals surface area contributed by atoms with E-state index in [1.807, 2.05) is 42.5 Å². The SMILES string of the molecule is CCN(CC)Cc1cc(Nc2ccc3ncc(-c4ccc(S(C)=O)cc4)n3n2)ccc1F. The maximum Gasteiger partial charge on any atom is 0.154 e. The molecule has 0 radical (unpaired) electrons. The first-order valence-electron chi connectivity index (χ1n) is 10.5. The summed E-state index contributed by atoms with van der Waals surface area (Å²) in [6, 6.07) is 16.3. The second kappa shape index (κ2) is 9.58. The van der Waals surface area contributed by atoms with Crippen LogP contribution in [0.15, 0.2) is 65.7 Å². The molecule has 2 aromatic heterocycles. The zero-order valence-corrected chi connectivity index (χ0v) is 19.2. The van der Waals surface area contributed by atoms with Crippen LogP contribution in [0.4, 0.5) is 15.9 Å². The lowest BCUT2D eigenvalue weighted by molar-refractivity contribution is 0.291. The van der Waals surface area contributed by atoms with Crippen LogP contribution in [-0.2, 0) is 17.3 Å². The number of imidazole rings is 1. The van der Waals surface area contributed by atoms with Gasteiger partial charge in [0.1, 0.15) is 5.82 Å². The van der Waals surface area contributed by atoms with Crippen LogP contribution in [-0.4, -0.2) is 43.1 Å². The van der Waals surface area contributed by atoms with Crippen molar-refractivity contribution in [3.05, 3.63) is 72.2 Å². The first-order valence-corrected chi connectivity index (χ1v) is 12.1. The van der Waals surface area contributed by atoms with Gasteiger partial charge in [-0.2, -0.15) is 0 Å². The predicted octanol–water partition coefficient (Wildman–Crippen LogP) is 4.86. The fourth-order valence-corrected chi connectivity index (χ4v) is 4.08. The number of halogens is 1. The van der Waals surface area contributed by atoms with Crippen molar-refractivity contribution in [2.45, 2.75) is 25.3 Å². The van der Waals surface area contributed by atoms with Crippen LogP contribution in [0.1, 0.15) is 19.4 Å². The highest BCUT2D eigenvalue weighted by molar-refractivity contribution is 7.84. The van der Waals surface area contributed by atoms with Gasteiger partial charge in [-0.1, -0.05) is 26.0 Å². The average molecular weight is 452 g/mol. The number of fused-ring (bicyclic) bond motifs is 1. The van der Waals surface area contributed by atoms with E-state index in [-0.39, 0.29) is 5.82 Å². The highest BCUT2D eigenvalue weighted by Crippen LogP contribution is 2.24. The van der Waals surface area contributed by atoms with E-state index in [0.717, 1.165) is 40.6 Å². The zero-order valence-electron chi connectivity index (χ0n) is 18.4. The van der Waals surface area contributed by atoms with Gasteiger partial charge < -0.3 is 5.32 Å². The Morgan fingerprint density at radius 3 is 2.50 bits per heavy atom. The van der Waals surface area contributed by atoms with Gasteiger partial charge in [0.15, 0.2) is 11.5 Å². The Kier molecular flexibility index (Phi) is 6.62. The quantitative estimate of drug-likeness (QED) is 0.415. The number of benzene rings is 2. The fourth-order valence-electron chi connectivity index (χ4n) is 3.56. The summed E-state index contributed by atoms with van der Waals surface area (Å²) in [7, 11) is -1.02. The molecule has 0 saturated carbocycles.